The summed E-state index contributed by atoms with van der Waals surface area (Å²) in [6.07, 6.45) is 1.87. The van der Waals surface area contributed by atoms with Gasteiger partial charge in [-0.05, 0) is 30.0 Å². The summed E-state index contributed by atoms with van der Waals surface area (Å²) in [6.45, 7) is 0. The predicted molar refractivity (Wildman–Crippen MR) is 84.2 cm³/mol. The molecule has 1 aliphatic rings. The van der Waals surface area contributed by atoms with E-state index in [1.165, 1.54) is 17.2 Å². The van der Waals surface area contributed by atoms with Crippen LogP contribution in [0.1, 0.15) is 11.1 Å². The Bertz CT molecular complexity index is 960. The summed E-state index contributed by atoms with van der Waals surface area (Å²) >= 11 is 0. The van der Waals surface area contributed by atoms with Crippen LogP contribution in [0.3, 0.4) is 0 Å². The molecule has 0 saturated carbocycles. The number of aryl methyl sites for hydroxylation is 2. The maximum atomic E-state index is 12.4. The van der Waals surface area contributed by atoms with Crippen LogP contribution in [0.15, 0.2) is 35.1 Å². The fraction of sp³-hybridized carbons (Fsp3) is 0.235. The number of rotatable bonds is 1. The van der Waals surface area contributed by atoms with Crippen molar-refractivity contribution in [2.24, 2.45) is 7.05 Å². The highest BCUT2D eigenvalue weighted by molar-refractivity contribution is 5.81. The van der Waals surface area contributed by atoms with E-state index in [4.69, 9.17) is 4.74 Å². The molecule has 0 radical (unpaired) electrons. The van der Waals surface area contributed by atoms with E-state index >= 15 is 0 Å². The molecular formula is C17H15N3O2. The Balaban J connectivity index is 2.07. The van der Waals surface area contributed by atoms with Crippen molar-refractivity contribution in [3.05, 3.63) is 51.8 Å². The Hall–Kier alpha value is -2.69. The molecule has 3 aromatic rings. The minimum absolute atomic E-state index is 0.129. The predicted octanol–water partition coefficient (Wildman–Crippen LogP) is 2.10. The van der Waals surface area contributed by atoms with E-state index in [0.717, 1.165) is 29.7 Å². The fourth-order valence-electron chi connectivity index (χ4n) is 3.07. The molecule has 110 valence electrons. The molecule has 0 saturated heterocycles. The summed E-state index contributed by atoms with van der Waals surface area (Å²) in [5, 5.41) is 0.543. The van der Waals surface area contributed by atoms with Gasteiger partial charge in [-0.3, -0.25) is 9.36 Å². The van der Waals surface area contributed by atoms with Crippen LogP contribution < -0.4 is 10.3 Å². The van der Waals surface area contributed by atoms with Crippen LogP contribution in [0.25, 0.3) is 22.3 Å². The third kappa shape index (κ3) is 1.75. The van der Waals surface area contributed by atoms with Crippen molar-refractivity contribution in [1.82, 2.24) is 14.5 Å². The highest BCUT2D eigenvalue weighted by Gasteiger charge is 2.20. The summed E-state index contributed by atoms with van der Waals surface area (Å²) in [7, 11) is 3.16. The molecule has 2 aromatic heterocycles. The Morgan fingerprint density at radius 2 is 1.91 bits per heavy atom. The number of fused-ring (bicyclic) bond motifs is 4. The lowest BCUT2D eigenvalue weighted by Crippen LogP contribution is -2.21. The molecule has 2 heterocycles. The average molecular weight is 293 g/mol. The number of methoxy groups -OCH3 is 1. The van der Waals surface area contributed by atoms with Gasteiger partial charge in [-0.25, -0.2) is 4.98 Å². The number of hydrogen-bond acceptors (Lipinski definition) is 4. The molecule has 0 spiro atoms. The van der Waals surface area contributed by atoms with Gasteiger partial charge >= 0.3 is 6.01 Å². The molecule has 0 atom stereocenters. The Morgan fingerprint density at radius 3 is 2.73 bits per heavy atom. The van der Waals surface area contributed by atoms with E-state index in [1.807, 2.05) is 18.2 Å². The Morgan fingerprint density at radius 1 is 1.14 bits per heavy atom. The van der Waals surface area contributed by atoms with Gasteiger partial charge in [0.1, 0.15) is 0 Å². The molecule has 5 heteroatoms. The summed E-state index contributed by atoms with van der Waals surface area (Å²) in [5.41, 5.74) is 4.77. The Labute approximate surface area is 127 Å². The van der Waals surface area contributed by atoms with Gasteiger partial charge < -0.3 is 4.74 Å². The smallest absolute Gasteiger partial charge is 0.300 e. The molecule has 22 heavy (non-hydrogen) atoms. The summed E-state index contributed by atoms with van der Waals surface area (Å²) in [6, 6.07) is 10.5. The number of nitrogens with zero attached hydrogens (tertiary/aromatic N) is 3. The highest BCUT2D eigenvalue weighted by atomic mass is 16.5. The maximum Gasteiger partial charge on any atom is 0.300 e. The summed E-state index contributed by atoms with van der Waals surface area (Å²) < 4.78 is 6.57. The van der Waals surface area contributed by atoms with Gasteiger partial charge in [-0.1, -0.05) is 24.3 Å². The molecule has 0 bridgehead atoms. The molecule has 1 aliphatic carbocycles. The SMILES string of the molecule is COc1nc2nc3c(cc2c(=O)n1C)CCc1ccccc1-3. The zero-order valence-corrected chi connectivity index (χ0v) is 12.5. The van der Waals surface area contributed by atoms with Gasteiger partial charge in [0.05, 0.1) is 18.2 Å². The van der Waals surface area contributed by atoms with Crippen molar-refractivity contribution < 1.29 is 4.74 Å². The van der Waals surface area contributed by atoms with Crippen molar-refractivity contribution in [1.29, 1.82) is 0 Å². The number of aromatic nitrogens is 3. The molecule has 5 nitrogen and oxygen atoms in total. The van der Waals surface area contributed by atoms with Crippen LogP contribution in [0.5, 0.6) is 6.01 Å². The summed E-state index contributed by atoms with van der Waals surface area (Å²) in [4.78, 5) is 21.5. The molecule has 0 amide bonds. The van der Waals surface area contributed by atoms with Crippen molar-refractivity contribution in [2.45, 2.75) is 12.8 Å². The minimum Gasteiger partial charge on any atom is -0.468 e. The van der Waals surface area contributed by atoms with Crippen molar-refractivity contribution in [3.8, 4) is 17.3 Å². The van der Waals surface area contributed by atoms with Crippen LogP contribution in [-0.2, 0) is 19.9 Å². The quantitative estimate of drug-likeness (QED) is 0.689. The maximum absolute atomic E-state index is 12.4. The van der Waals surface area contributed by atoms with Gasteiger partial charge in [0, 0.05) is 12.6 Å². The first kappa shape index (κ1) is 13.0. The van der Waals surface area contributed by atoms with Crippen LogP contribution in [0.2, 0.25) is 0 Å². The van der Waals surface area contributed by atoms with Crippen molar-refractivity contribution >= 4 is 11.0 Å². The van der Waals surface area contributed by atoms with Crippen molar-refractivity contribution in [2.75, 3.05) is 7.11 Å². The minimum atomic E-state index is -0.129. The zero-order chi connectivity index (χ0) is 15.3. The lowest BCUT2D eigenvalue weighted by Gasteiger charge is -2.19. The van der Waals surface area contributed by atoms with Gasteiger partial charge in [0.2, 0.25) is 0 Å². The molecule has 0 fully saturated rings. The monoisotopic (exact) mass is 293 g/mol. The third-order valence-electron chi connectivity index (χ3n) is 4.22. The number of pyridine rings is 1. The fourth-order valence-corrected chi connectivity index (χ4v) is 3.07. The molecule has 0 aliphatic heterocycles. The number of ether oxygens (including phenoxy) is 1. The largest absolute Gasteiger partial charge is 0.468 e. The third-order valence-corrected chi connectivity index (χ3v) is 4.22. The van der Waals surface area contributed by atoms with Crippen LogP contribution >= 0.6 is 0 Å². The van der Waals surface area contributed by atoms with Crippen LogP contribution in [0, 0.1) is 0 Å². The van der Waals surface area contributed by atoms with E-state index < -0.39 is 0 Å². The van der Waals surface area contributed by atoms with E-state index in [2.05, 4.69) is 22.1 Å². The molecular weight excluding hydrogens is 278 g/mol. The van der Waals surface area contributed by atoms with Gasteiger partial charge in [-0.15, -0.1) is 0 Å². The lowest BCUT2D eigenvalue weighted by molar-refractivity contribution is 0.359. The van der Waals surface area contributed by atoms with E-state index in [0.29, 0.717) is 11.0 Å². The normalized spacial score (nSPS) is 12.8. The zero-order valence-electron chi connectivity index (χ0n) is 12.5. The van der Waals surface area contributed by atoms with E-state index in [9.17, 15) is 4.79 Å². The second-order valence-corrected chi connectivity index (χ2v) is 5.49. The Kier molecular flexibility index (Phi) is 2.76. The second kappa shape index (κ2) is 4.66. The lowest BCUT2D eigenvalue weighted by atomic mass is 9.89. The van der Waals surface area contributed by atoms with Crippen LogP contribution in [0.4, 0.5) is 0 Å². The molecule has 1 aromatic carbocycles. The highest BCUT2D eigenvalue weighted by Crippen LogP contribution is 2.33. The van der Waals surface area contributed by atoms with Crippen LogP contribution in [-0.4, -0.2) is 21.6 Å². The first-order chi connectivity index (χ1) is 10.7. The molecule has 0 N–H and O–H groups in total. The van der Waals surface area contributed by atoms with E-state index in [-0.39, 0.29) is 11.6 Å². The molecule has 4 rings (SSSR count). The first-order valence-electron chi connectivity index (χ1n) is 7.22. The van der Waals surface area contributed by atoms with Gasteiger partial charge in [-0.2, -0.15) is 4.98 Å². The topological polar surface area (TPSA) is 57.0 Å². The first-order valence-corrected chi connectivity index (χ1v) is 7.22. The molecule has 0 unspecified atom stereocenters. The van der Waals surface area contributed by atoms with Gasteiger partial charge in [0.25, 0.3) is 5.56 Å². The standard InChI is InChI=1S/C17H15N3O2/c1-20-16(21)13-9-11-8-7-10-5-3-4-6-12(10)14(11)18-15(13)19-17(20)22-2/h3-6,9H,7-8H2,1-2H3. The number of hydrogen-bond donors (Lipinski definition) is 0. The summed E-state index contributed by atoms with van der Waals surface area (Å²) in [5.74, 6) is 0. The number of benzene rings is 1. The van der Waals surface area contributed by atoms with Gasteiger partial charge in [0.15, 0.2) is 5.65 Å². The average Bonchev–Trinajstić information content (AvgIpc) is 2.56. The van der Waals surface area contributed by atoms with E-state index in [1.54, 1.807) is 7.05 Å². The second-order valence-electron chi connectivity index (χ2n) is 5.49. The van der Waals surface area contributed by atoms with Crippen molar-refractivity contribution in [3.63, 3.8) is 0 Å².